The van der Waals surface area contributed by atoms with E-state index in [9.17, 15) is 9.90 Å². The number of carbonyl (C=O) groups excluding carboxylic acids is 1. The first-order valence-electron chi connectivity index (χ1n) is 8.74. The van der Waals surface area contributed by atoms with Gasteiger partial charge in [0.1, 0.15) is 6.61 Å². The summed E-state index contributed by atoms with van der Waals surface area (Å²) in [5.74, 6) is 0.614. The van der Waals surface area contributed by atoms with E-state index < -0.39 is 0 Å². The Morgan fingerprint density at radius 1 is 1.30 bits per heavy atom. The third-order valence-electron chi connectivity index (χ3n) is 4.76. The molecule has 1 aliphatic rings. The number of rotatable bonds is 8. The van der Waals surface area contributed by atoms with E-state index >= 15 is 0 Å². The van der Waals surface area contributed by atoms with Gasteiger partial charge in [-0.1, -0.05) is 50.1 Å². The second kappa shape index (κ2) is 9.68. The van der Waals surface area contributed by atoms with Crippen molar-refractivity contribution in [2.45, 2.75) is 51.0 Å². The molecule has 0 heterocycles. The minimum absolute atomic E-state index is 0.0679. The Morgan fingerprint density at radius 2 is 2.04 bits per heavy atom. The van der Waals surface area contributed by atoms with Crippen LogP contribution in [-0.2, 0) is 9.53 Å². The van der Waals surface area contributed by atoms with E-state index in [0.717, 1.165) is 12.0 Å². The van der Waals surface area contributed by atoms with Crippen LogP contribution >= 0.6 is 0 Å². The van der Waals surface area contributed by atoms with Gasteiger partial charge < -0.3 is 15.2 Å². The van der Waals surface area contributed by atoms with Gasteiger partial charge in [0.15, 0.2) is 0 Å². The molecule has 4 heteroatoms. The summed E-state index contributed by atoms with van der Waals surface area (Å²) in [5, 5.41) is 12.2. The summed E-state index contributed by atoms with van der Waals surface area (Å²) in [4.78, 5) is 12.0. The summed E-state index contributed by atoms with van der Waals surface area (Å²) >= 11 is 0. The van der Waals surface area contributed by atoms with E-state index in [4.69, 9.17) is 4.74 Å². The molecule has 0 saturated heterocycles. The van der Waals surface area contributed by atoms with Gasteiger partial charge in [-0.25, -0.2) is 0 Å². The Labute approximate surface area is 139 Å². The van der Waals surface area contributed by atoms with Crippen molar-refractivity contribution in [3.63, 3.8) is 0 Å². The molecule has 1 aromatic rings. The zero-order valence-corrected chi connectivity index (χ0v) is 14.0. The fourth-order valence-corrected chi connectivity index (χ4v) is 3.27. The van der Waals surface area contributed by atoms with Crippen molar-refractivity contribution < 1.29 is 14.6 Å². The smallest absolute Gasteiger partial charge is 0.246 e. The number of benzene rings is 1. The van der Waals surface area contributed by atoms with Crippen LogP contribution in [0.1, 0.15) is 50.5 Å². The van der Waals surface area contributed by atoms with Crippen molar-refractivity contribution >= 4 is 5.91 Å². The second-order valence-corrected chi connectivity index (χ2v) is 6.54. The van der Waals surface area contributed by atoms with Crippen molar-refractivity contribution in [3.05, 3.63) is 35.9 Å². The Morgan fingerprint density at radius 3 is 2.74 bits per heavy atom. The van der Waals surface area contributed by atoms with Crippen LogP contribution in [-0.4, -0.2) is 36.9 Å². The molecule has 3 atom stereocenters. The van der Waals surface area contributed by atoms with Gasteiger partial charge in [-0.15, -0.1) is 0 Å². The van der Waals surface area contributed by atoms with E-state index in [0.29, 0.717) is 18.9 Å². The number of ether oxygens (including phenoxy) is 1. The van der Waals surface area contributed by atoms with E-state index in [2.05, 4.69) is 12.2 Å². The SMILES string of the molecule is CC1CCCCC1OCC(=O)NCC(CCO)c1ccccc1. The molecular formula is C19H29NO3. The lowest BCUT2D eigenvalue weighted by Crippen LogP contribution is -2.35. The molecule has 0 aliphatic heterocycles. The minimum Gasteiger partial charge on any atom is -0.396 e. The van der Waals surface area contributed by atoms with Crippen molar-refractivity contribution in [2.24, 2.45) is 5.92 Å². The highest BCUT2D eigenvalue weighted by Crippen LogP contribution is 2.26. The third-order valence-corrected chi connectivity index (χ3v) is 4.76. The Bertz CT molecular complexity index is 463. The molecule has 1 amide bonds. The first-order chi connectivity index (χ1) is 11.2. The van der Waals surface area contributed by atoms with Crippen molar-refractivity contribution in [1.29, 1.82) is 0 Å². The minimum atomic E-state index is -0.0679. The summed E-state index contributed by atoms with van der Waals surface area (Å²) in [6.07, 6.45) is 5.59. The molecule has 0 bridgehead atoms. The Balaban J connectivity index is 1.75. The molecule has 0 aromatic heterocycles. The van der Waals surface area contributed by atoms with Gasteiger partial charge in [-0.05, 0) is 30.7 Å². The molecule has 23 heavy (non-hydrogen) atoms. The zero-order valence-electron chi connectivity index (χ0n) is 14.0. The van der Waals surface area contributed by atoms with Gasteiger partial charge in [0.25, 0.3) is 0 Å². The van der Waals surface area contributed by atoms with Gasteiger partial charge in [0, 0.05) is 19.1 Å². The number of amides is 1. The van der Waals surface area contributed by atoms with Gasteiger partial charge in [-0.3, -0.25) is 4.79 Å². The van der Waals surface area contributed by atoms with E-state index in [1.165, 1.54) is 19.3 Å². The van der Waals surface area contributed by atoms with E-state index in [-0.39, 0.29) is 31.1 Å². The van der Waals surface area contributed by atoms with Crippen molar-refractivity contribution in [2.75, 3.05) is 19.8 Å². The lowest BCUT2D eigenvalue weighted by atomic mass is 9.88. The number of carbonyl (C=O) groups is 1. The maximum atomic E-state index is 12.0. The Kier molecular flexibility index (Phi) is 7.56. The molecule has 1 fully saturated rings. The molecule has 0 radical (unpaired) electrons. The van der Waals surface area contributed by atoms with Gasteiger partial charge in [0.05, 0.1) is 6.10 Å². The maximum Gasteiger partial charge on any atom is 0.246 e. The molecule has 3 unspecified atom stereocenters. The maximum absolute atomic E-state index is 12.0. The van der Waals surface area contributed by atoms with Crippen LogP contribution in [0, 0.1) is 5.92 Å². The highest BCUT2D eigenvalue weighted by molar-refractivity contribution is 5.77. The molecular weight excluding hydrogens is 290 g/mol. The number of aliphatic hydroxyl groups excluding tert-OH is 1. The van der Waals surface area contributed by atoms with Gasteiger partial charge >= 0.3 is 0 Å². The van der Waals surface area contributed by atoms with E-state index in [1.54, 1.807) is 0 Å². The molecule has 1 aliphatic carbocycles. The van der Waals surface area contributed by atoms with Crippen LogP contribution in [0.2, 0.25) is 0 Å². The fourth-order valence-electron chi connectivity index (χ4n) is 3.27. The summed E-state index contributed by atoms with van der Waals surface area (Å²) in [5.41, 5.74) is 1.14. The quantitative estimate of drug-likeness (QED) is 0.774. The van der Waals surface area contributed by atoms with Crippen LogP contribution in [0.4, 0.5) is 0 Å². The fraction of sp³-hybridized carbons (Fsp3) is 0.632. The second-order valence-electron chi connectivity index (χ2n) is 6.54. The summed E-state index contributed by atoms with van der Waals surface area (Å²) in [6, 6.07) is 10.0. The number of aliphatic hydroxyl groups is 1. The van der Waals surface area contributed by atoms with E-state index in [1.807, 2.05) is 30.3 Å². The van der Waals surface area contributed by atoms with Gasteiger partial charge in [-0.2, -0.15) is 0 Å². The highest BCUT2D eigenvalue weighted by atomic mass is 16.5. The first-order valence-corrected chi connectivity index (χ1v) is 8.74. The van der Waals surface area contributed by atoms with Crippen LogP contribution < -0.4 is 5.32 Å². The van der Waals surface area contributed by atoms with Gasteiger partial charge in [0.2, 0.25) is 5.91 Å². The number of nitrogens with one attached hydrogen (secondary N) is 1. The third kappa shape index (κ3) is 5.96. The van der Waals surface area contributed by atoms with Crippen molar-refractivity contribution in [3.8, 4) is 0 Å². The molecule has 1 saturated carbocycles. The summed E-state index contributed by atoms with van der Waals surface area (Å²) < 4.78 is 5.79. The average Bonchev–Trinajstić information content (AvgIpc) is 2.58. The topological polar surface area (TPSA) is 58.6 Å². The first kappa shape index (κ1) is 18.0. The molecule has 128 valence electrons. The predicted molar refractivity (Wildman–Crippen MR) is 91.3 cm³/mol. The molecule has 2 N–H and O–H groups in total. The predicted octanol–water partition coefficient (Wildman–Crippen LogP) is 2.86. The number of hydrogen-bond acceptors (Lipinski definition) is 3. The van der Waals surface area contributed by atoms with Crippen LogP contribution in [0.15, 0.2) is 30.3 Å². The zero-order chi connectivity index (χ0) is 16.5. The molecule has 0 spiro atoms. The monoisotopic (exact) mass is 319 g/mol. The van der Waals surface area contributed by atoms with Crippen LogP contribution in [0.25, 0.3) is 0 Å². The Hall–Kier alpha value is -1.39. The summed E-state index contributed by atoms with van der Waals surface area (Å²) in [7, 11) is 0. The molecule has 1 aromatic carbocycles. The molecule has 2 rings (SSSR count). The molecule has 4 nitrogen and oxygen atoms in total. The lowest BCUT2D eigenvalue weighted by Gasteiger charge is -2.28. The van der Waals surface area contributed by atoms with Crippen molar-refractivity contribution in [1.82, 2.24) is 5.32 Å². The normalized spacial score (nSPS) is 22.5. The highest BCUT2D eigenvalue weighted by Gasteiger charge is 2.22. The average molecular weight is 319 g/mol. The van der Waals surface area contributed by atoms with Crippen LogP contribution in [0.3, 0.4) is 0 Å². The lowest BCUT2D eigenvalue weighted by molar-refractivity contribution is -0.129. The largest absolute Gasteiger partial charge is 0.396 e. The van der Waals surface area contributed by atoms with Crippen LogP contribution in [0.5, 0.6) is 0 Å². The number of hydrogen-bond donors (Lipinski definition) is 2. The standard InChI is InChI=1S/C19H29NO3/c1-15-7-5-6-10-18(15)23-14-19(22)20-13-17(11-12-21)16-8-3-2-4-9-16/h2-4,8-9,15,17-18,21H,5-7,10-14H2,1H3,(H,20,22). The summed E-state index contributed by atoms with van der Waals surface area (Å²) in [6.45, 7) is 2.99.